The maximum Gasteiger partial charge on any atom is 0.343 e. The van der Waals surface area contributed by atoms with E-state index in [0.29, 0.717) is 0 Å². The highest BCUT2D eigenvalue weighted by atomic mass is 19.1. The van der Waals surface area contributed by atoms with Crippen LogP contribution in [-0.4, -0.2) is 42.2 Å². The zero-order chi connectivity index (χ0) is 13.0. The van der Waals surface area contributed by atoms with Gasteiger partial charge in [-0.05, 0) is 27.7 Å². The van der Waals surface area contributed by atoms with Crippen LogP contribution in [0.1, 0.15) is 34.1 Å². The summed E-state index contributed by atoms with van der Waals surface area (Å²) in [5.74, 6) is -1.04. The number of carbonyl (C=O) groups excluding carboxylic acids is 1. The summed E-state index contributed by atoms with van der Waals surface area (Å²) in [6.07, 6.45) is -2.07. The zero-order valence-corrected chi connectivity index (χ0v) is 10.5. The number of ether oxygens (including phenoxy) is 2. The number of alkyl halides is 1. The third-order valence-corrected chi connectivity index (χ3v) is 2.38. The van der Waals surface area contributed by atoms with E-state index in [1.54, 1.807) is 20.8 Å². The van der Waals surface area contributed by atoms with E-state index < -0.39 is 23.3 Å². The number of halogens is 1. The molecule has 0 aliphatic rings. The van der Waals surface area contributed by atoms with Crippen molar-refractivity contribution in [2.24, 2.45) is 0 Å². The van der Waals surface area contributed by atoms with Gasteiger partial charge in [-0.15, -0.1) is 0 Å². The van der Waals surface area contributed by atoms with Crippen molar-refractivity contribution in [1.29, 1.82) is 0 Å². The highest BCUT2D eigenvalue weighted by molar-refractivity contribution is 5.76. The fourth-order valence-corrected chi connectivity index (χ4v) is 1.49. The number of aliphatic hydroxyl groups is 1. The van der Waals surface area contributed by atoms with Crippen LogP contribution < -0.4 is 0 Å². The molecule has 0 aromatic rings. The minimum absolute atomic E-state index is 0.00349. The Balaban J connectivity index is 4.59. The summed E-state index contributed by atoms with van der Waals surface area (Å²) < 4.78 is 23.3. The van der Waals surface area contributed by atoms with Crippen molar-refractivity contribution in [2.75, 3.05) is 13.7 Å². The van der Waals surface area contributed by atoms with Gasteiger partial charge in [0.15, 0.2) is 0 Å². The minimum Gasteiger partial charge on any atom is -0.464 e. The molecule has 96 valence electrons. The summed E-state index contributed by atoms with van der Waals surface area (Å²) in [6.45, 7) is 6.34. The standard InChI is InChI=1S/C11H21FO4/c1-6-16-9(13)8(12)11(4,14)7-10(2,3)15-5/h8,14H,6-7H2,1-5H3. The molecule has 2 unspecified atom stereocenters. The van der Waals surface area contributed by atoms with E-state index in [1.165, 1.54) is 14.0 Å². The Morgan fingerprint density at radius 2 is 1.94 bits per heavy atom. The number of methoxy groups -OCH3 is 1. The quantitative estimate of drug-likeness (QED) is 0.709. The second-order valence-corrected chi connectivity index (χ2v) is 4.61. The Labute approximate surface area is 95.7 Å². The number of esters is 1. The number of hydrogen-bond acceptors (Lipinski definition) is 4. The maximum atomic E-state index is 13.6. The first-order chi connectivity index (χ1) is 7.16. The Kier molecular flexibility index (Phi) is 5.35. The molecule has 0 aromatic heterocycles. The third-order valence-electron chi connectivity index (χ3n) is 2.38. The monoisotopic (exact) mass is 236 g/mol. The first kappa shape index (κ1) is 15.3. The molecule has 4 nitrogen and oxygen atoms in total. The normalized spacial score (nSPS) is 17.7. The van der Waals surface area contributed by atoms with E-state index in [-0.39, 0.29) is 13.0 Å². The van der Waals surface area contributed by atoms with Crippen molar-refractivity contribution in [3.8, 4) is 0 Å². The molecule has 0 aliphatic heterocycles. The van der Waals surface area contributed by atoms with E-state index in [4.69, 9.17) is 4.74 Å². The van der Waals surface area contributed by atoms with Crippen LogP contribution in [0.4, 0.5) is 4.39 Å². The van der Waals surface area contributed by atoms with Crippen LogP contribution in [0.5, 0.6) is 0 Å². The summed E-state index contributed by atoms with van der Waals surface area (Å²) >= 11 is 0. The Morgan fingerprint density at radius 1 is 1.44 bits per heavy atom. The van der Waals surface area contributed by atoms with Crippen molar-refractivity contribution in [2.45, 2.75) is 51.5 Å². The van der Waals surface area contributed by atoms with E-state index >= 15 is 0 Å². The van der Waals surface area contributed by atoms with Gasteiger partial charge in [0.2, 0.25) is 6.17 Å². The molecule has 0 heterocycles. The predicted octanol–water partition coefficient (Wildman–Crippen LogP) is 1.45. The Morgan fingerprint density at radius 3 is 2.31 bits per heavy atom. The SMILES string of the molecule is CCOC(=O)C(F)C(C)(O)CC(C)(C)OC. The number of rotatable bonds is 6. The summed E-state index contributed by atoms with van der Waals surface area (Å²) in [6, 6.07) is 0. The van der Waals surface area contributed by atoms with E-state index in [9.17, 15) is 14.3 Å². The van der Waals surface area contributed by atoms with Gasteiger partial charge in [-0.25, -0.2) is 9.18 Å². The molecule has 0 bridgehead atoms. The van der Waals surface area contributed by atoms with Gasteiger partial charge in [-0.3, -0.25) is 0 Å². The van der Waals surface area contributed by atoms with E-state index in [0.717, 1.165) is 0 Å². The number of carbonyl (C=O) groups is 1. The zero-order valence-electron chi connectivity index (χ0n) is 10.5. The maximum absolute atomic E-state index is 13.6. The lowest BCUT2D eigenvalue weighted by Gasteiger charge is -2.33. The molecular formula is C11H21FO4. The average Bonchev–Trinajstić information content (AvgIpc) is 2.15. The molecule has 2 atom stereocenters. The molecule has 5 heteroatoms. The predicted molar refractivity (Wildman–Crippen MR) is 57.9 cm³/mol. The van der Waals surface area contributed by atoms with Crippen molar-refractivity contribution >= 4 is 5.97 Å². The minimum atomic E-state index is -2.07. The fraction of sp³-hybridized carbons (Fsp3) is 0.909. The molecule has 0 aliphatic carbocycles. The van der Waals surface area contributed by atoms with Crippen LogP contribution >= 0.6 is 0 Å². The van der Waals surface area contributed by atoms with Crippen LogP contribution in [0.25, 0.3) is 0 Å². The molecule has 0 rings (SSSR count). The third kappa shape index (κ3) is 4.45. The molecular weight excluding hydrogens is 215 g/mol. The first-order valence-corrected chi connectivity index (χ1v) is 5.24. The van der Waals surface area contributed by atoms with Gasteiger partial charge in [0.25, 0.3) is 0 Å². The van der Waals surface area contributed by atoms with Crippen molar-refractivity contribution in [3.05, 3.63) is 0 Å². The number of hydrogen-bond donors (Lipinski definition) is 1. The van der Waals surface area contributed by atoms with Crippen LogP contribution in [0.2, 0.25) is 0 Å². The molecule has 0 fully saturated rings. The molecule has 0 radical (unpaired) electrons. The van der Waals surface area contributed by atoms with Crippen LogP contribution in [-0.2, 0) is 14.3 Å². The van der Waals surface area contributed by atoms with Gasteiger partial charge in [0, 0.05) is 13.5 Å². The summed E-state index contributed by atoms with van der Waals surface area (Å²) in [5, 5.41) is 9.89. The van der Waals surface area contributed by atoms with Gasteiger partial charge >= 0.3 is 5.97 Å². The van der Waals surface area contributed by atoms with Crippen molar-refractivity contribution in [3.63, 3.8) is 0 Å². The largest absolute Gasteiger partial charge is 0.464 e. The van der Waals surface area contributed by atoms with Crippen molar-refractivity contribution in [1.82, 2.24) is 0 Å². The Bertz CT molecular complexity index is 238. The van der Waals surface area contributed by atoms with Crippen molar-refractivity contribution < 1.29 is 23.8 Å². The average molecular weight is 236 g/mol. The summed E-state index contributed by atoms with van der Waals surface area (Å²) in [5.41, 5.74) is -2.51. The second kappa shape index (κ2) is 5.59. The molecule has 0 amide bonds. The second-order valence-electron chi connectivity index (χ2n) is 4.61. The van der Waals surface area contributed by atoms with Gasteiger partial charge in [-0.1, -0.05) is 0 Å². The van der Waals surface area contributed by atoms with Crippen LogP contribution in [0.15, 0.2) is 0 Å². The molecule has 0 spiro atoms. The lowest BCUT2D eigenvalue weighted by molar-refractivity contribution is -0.164. The summed E-state index contributed by atoms with van der Waals surface area (Å²) in [7, 11) is 1.47. The Hall–Kier alpha value is -0.680. The molecule has 0 saturated carbocycles. The molecule has 0 saturated heterocycles. The van der Waals surface area contributed by atoms with Crippen LogP contribution in [0.3, 0.4) is 0 Å². The van der Waals surface area contributed by atoms with Crippen LogP contribution in [0, 0.1) is 0 Å². The highest BCUT2D eigenvalue weighted by Gasteiger charge is 2.42. The fourth-order valence-electron chi connectivity index (χ4n) is 1.49. The first-order valence-electron chi connectivity index (χ1n) is 5.24. The highest BCUT2D eigenvalue weighted by Crippen LogP contribution is 2.28. The smallest absolute Gasteiger partial charge is 0.343 e. The molecule has 16 heavy (non-hydrogen) atoms. The molecule has 0 aromatic carbocycles. The topological polar surface area (TPSA) is 55.8 Å². The van der Waals surface area contributed by atoms with E-state index in [2.05, 4.69) is 4.74 Å². The van der Waals surface area contributed by atoms with Gasteiger partial charge in [-0.2, -0.15) is 0 Å². The van der Waals surface area contributed by atoms with Gasteiger partial charge in [0.05, 0.1) is 12.2 Å². The van der Waals surface area contributed by atoms with Gasteiger partial charge < -0.3 is 14.6 Å². The van der Waals surface area contributed by atoms with Gasteiger partial charge in [0.1, 0.15) is 5.60 Å². The lowest BCUT2D eigenvalue weighted by Crippen LogP contribution is -2.47. The molecule has 1 N–H and O–H groups in total. The van der Waals surface area contributed by atoms with E-state index in [1.807, 2.05) is 0 Å². The summed E-state index contributed by atoms with van der Waals surface area (Å²) in [4.78, 5) is 11.2. The lowest BCUT2D eigenvalue weighted by atomic mass is 9.87.